The quantitative estimate of drug-likeness (QED) is 0.775. The summed E-state index contributed by atoms with van der Waals surface area (Å²) < 4.78 is 6.56. The fourth-order valence-corrected chi connectivity index (χ4v) is 2.46. The highest BCUT2D eigenvalue weighted by molar-refractivity contribution is 9.10. The van der Waals surface area contributed by atoms with E-state index in [1.807, 2.05) is 38.1 Å². The lowest BCUT2D eigenvalue weighted by Crippen LogP contribution is -2.20. The van der Waals surface area contributed by atoms with Crippen LogP contribution in [0.4, 0.5) is 0 Å². The number of carbonyl (C=O) groups excluding carboxylic acids is 1. The molecule has 0 N–H and O–H groups in total. The maximum Gasteiger partial charge on any atom is 0.309 e. The van der Waals surface area contributed by atoms with E-state index >= 15 is 0 Å². The van der Waals surface area contributed by atoms with E-state index < -0.39 is 5.60 Å². The van der Waals surface area contributed by atoms with E-state index in [0.717, 1.165) is 22.9 Å². The first kappa shape index (κ1) is 11.6. The summed E-state index contributed by atoms with van der Waals surface area (Å²) >= 11 is 3.40. The molecule has 2 nitrogen and oxygen atoms in total. The zero-order valence-corrected chi connectivity index (χ0v) is 11.1. The smallest absolute Gasteiger partial charge is 0.309 e. The van der Waals surface area contributed by atoms with Gasteiger partial charge in [-0.1, -0.05) is 35.0 Å². The minimum Gasteiger partial charge on any atom is -0.454 e. The first-order valence-corrected chi connectivity index (χ1v) is 6.33. The largest absolute Gasteiger partial charge is 0.454 e. The average molecular weight is 283 g/mol. The third-order valence-corrected chi connectivity index (χ3v) is 3.77. The second kappa shape index (κ2) is 4.21. The standard InChI is InChI=1S/C13H15BrO2/c1-3-9-8-13(2,16-12(9)15)10-4-6-11(14)7-5-10/h4-7,9H,3,8H2,1-2H3/t9-,13-/m0/s1. The zero-order chi connectivity index (χ0) is 11.8. The first-order valence-electron chi connectivity index (χ1n) is 5.54. The maximum absolute atomic E-state index is 11.6. The van der Waals surface area contributed by atoms with Crippen LogP contribution in [-0.2, 0) is 15.1 Å². The molecule has 2 rings (SSSR count). The summed E-state index contributed by atoms with van der Waals surface area (Å²) in [6, 6.07) is 7.98. The molecule has 0 unspecified atom stereocenters. The number of cyclic esters (lactones) is 1. The molecule has 0 saturated carbocycles. The molecule has 0 radical (unpaired) electrons. The third kappa shape index (κ3) is 2.01. The van der Waals surface area contributed by atoms with Crippen LogP contribution in [0.15, 0.2) is 28.7 Å². The minimum atomic E-state index is -0.446. The molecule has 1 aliphatic rings. The number of carbonyl (C=O) groups is 1. The highest BCUT2D eigenvalue weighted by Crippen LogP contribution is 2.40. The van der Waals surface area contributed by atoms with Gasteiger partial charge < -0.3 is 4.74 Å². The zero-order valence-electron chi connectivity index (χ0n) is 9.50. The van der Waals surface area contributed by atoms with Crippen LogP contribution in [-0.4, -0.2) is 5.97 Å². The summed E-state index contributed by atoms with van der Waals surface area (Å²) in [5.74, 6) is -0.0124. The Hall–Kier alpha value is -0.830. The number of esters is 1. The maximum atomic E-state index is 11.6. The Morgan fingerprint density at radius 2 is 2.06 bits per heavy atom. The molecular formula is C13H15BrO2. The monoisotopic (exact) mass is 282 g/mol. The number of benzene rings is 1. The van der Waals surface area contributed by atoms with Gasteiger partial charge in [0.15, 0.2) is 0 Å². The van der Waals surface area contributed by atoms with Crippen LogP contribution in [0, 0.1) is 5.92 Å². The minimum absolute atomic E-state index is 0.0497. The van der Waals surface area contributed by atoms with Gasteiger partial charge in [-0.2, -0.15) is 0 Å². The number of rotatable bonds is 2. The number of hydrogen-bond acceptors (Lipinski definition) is 2. The van der Waals surface area contributed by atoms with Crippen LogP contribution in [0.5, 0.6) is 0 Å². The van der Waals surface area contributed by atoms with Gasteiger partial charge in [0.25, 0.3) is 0 Å². The van der Waals surface area contributed by atoms with Gasteiger partial charge in [0, 0.05) is 10.9 Å². The van der Waals surface area contributed by atoms with Crippen molar-refractivity contribution >= 4 is 21.9 Å². The Labute approximate surface area is 104 Å². The summed E-state index contributed by atoms with van der Waals surface area (Å²) in [7, 11) is 0. The summed E-state index contributed by atoms with van der Waals surface area (Å²) in [5, 5.41) is 0. The molecule has 0 amide bonds. The van der Waals surface area contributed by atoms with Crippen molar-refractivity contribution in [2.45, 2.75) is 32.3 Å². The van der Waals surface area contributed by atoms with Crippen molar-refractivity contribution in [2.75, 3.05) is 0 Å². The van der Waals surface area contributed by atoms with Crippen LogP contribution >= 0.6 is 15.9 Å². The van der Waals surface area contributed by atoms with E-state index in [4.69, 9.17) is 4.74 Å². The molecular weight excluding hydrogens is 268 g/mol. The van der Waals surface area contributed by atoms with Gasteiger partial charge >= 0.3 is 5.97 Å². The van der Waals surface area contributed by atoms with Gasteiger partial charge in [-0.05, 0) is 31.0 Å². The van der Waals surface area contributed by atoms with E-state index in [-0.39, 0.29) is 11.9 Å². The molecule has 1 saturated heterocycles. The lowest BCUT2D eigenvalue weighted by Gasteiger charge is -2.23. The molecule has 0 spiro atoms. The summed E-state index contributed by atoms with van der Waals surface area (Å²) in [4.78, 5) is 11.6. The van der Waals surface area contributed by atoms with Crippen molar-refractivity contribution in [3.8, 4) is 0 Å². The van der Waals surface area contributed by atoms with Gasteiger partial charge in [0.2, 0.25) is 0 Å². The van der Waals surface area contributed by atoms with E-state index in [2.05, 4.69) is 15.9 Å². The highest BCUT2D eigenvalue weighted by Gasteiger charge is 2.43. The predicted octanol–water partition coefficient (Wildman–Crippen LogP) is 3.64. The molecule has 0 bridgehead atoms. The van der Waals surface area contributed by atoms with Crippen LogP contribution in [0.25, 0.3) is 0 Å². The molecule has 1 aromatic rings. The van der Waals surface area contributed by atoms with Crippen LogP contribution < -0.4 is 0 Å². The molecule has 1 heterocycles. The molecule has 16 heavy (non-hydrogen) atoms. The van der Waals surface area contributed by atoms with Crippen molar-refractivity contribution < 1.29 is 9.53 Å². The van der Waals surface area contributed by atoms with Crippen molar-refractivity contribution in [1.29, 1.82) is 0 Å². The Bertz CT molecular complexity index is 399. The SMILES string of the molecule is CC[C@H]1C[C@@](C)(c2ccc(Br)cc2)OC1=O. The van der Waals surface area contributed by atoms with Crippen molar-refractivity contribution in [1.82, 2.24) is 0 Å². The van der Waals surface area contributed by atoms with E-state index in [1.54, 1.807) is 0 Å². The van der Waals surface area contributed by atoms with Gasteiger partial charge in [0.05, 0.1) is 5.92 Å². The number of hydrogen-bond donors (Lipinski definition) is 0. The Morgan fingerprint density at radius 1 is 1.44 bits per heavy atom. The van der Waals surface area contributed by atoms with Crippen LogP contribution in [0.1, 0.15) is 32.3 Å². The Kier molecular flexibility index (Phi) is 3.06. The lowest BCUT2D eigenvalue weighted by atomic mass is 9.88. The van der Waals surface area contributed by atoms with Crippen molar-refractivity contribution in [3.05, 3.63) is 34.3 Å². The summed E-state index contributed by atoms with van der Waals surface area (Å²) in [6.45, 7) is 4.02. The second-order valence-corrected chi connectivity index (χ2v) is 5.38. The molecule has 86 valence electrons. The Morgan fingerprint density at radius 3 is 2.56 bits per heavy atom. The summed E-state index contributed by atoms with van der Waals surface area (Å²) in [5.41, 5.74) is 0.623. The van der Waals surface area contributed by atoms with Gasteiger partial charge in [-0.3, -0.25) is 4.79 Å². The highest BCUT2D eigenvalue weighted by atomic mass is 79.9. The molecule has 3 heteroatoms. The molecule has 1 aliphatic heterocycles. The molecule has 1 aromatic carbocycles. The van der Waals surface area contributed by atoms with Crippen molar-refractivity contribution in [2.24, 2.45) is 5.92 Å². The van der Waals surface area contributed by atoms with Gasteiger partial charge in [-0.15, -0.1) is 0 Å². The lowest BCUT2D eigenvalue weighted by molar-refractivity contribution is -0.150. The van der Waals surface area contributed by atoms with Gasteiger partial charge in [-0.25, -0.2) is 0 Å². The average Bonchev–Trinajstić information content (AvgIpc) is 2.55. The van der Waals surface area contributed by atoms with Crippen molar-refractivity contribution in [3.63, 3.8) is 0 Å². The molecule has 0 aliphatic carbocycles. The second-order valence-electron chi connectivity index (χ2n) is 4.47. The fourth-order valence-electron chi connectivity index (χ4n) is 2.19. The third-order valence-electron chi connectivity index (χ3n) is 3.24. The molecule has 0 aromatic heterocycles. The number of halogens is 1. The fraction of sp³-hybridized carbons (Fsp3) is 0.462. The van der Waals surface area contributed by atoms with Crippen LogP contribution in [0.2, 0.25) is 0 Å². The van der Waals surface area contributed by atoms with Gasteiger partial charge in [0.1, 0.15) is 5.60 Å². The first-order chi connectivity index (χ1) is 7.55. The molecule has 2 atom stereocenters. The predicted molar refractivity (Wildman–Crippen MR) is 66.0 cm³/mol. The van der Waals surface area contributed by atoms with E-state index in [0.29, 0.717) is 0 Å². The normalized spacial score (nSPS) is 29.2. The van der Waals surface area contributed by atoms with E-state index in [9.17, 15) is 4.79 Å². The molecule has 1 fully saturated rings. The summed E-state index contributed by atoms with van der Waals surface area (Å²) in [6.07, 6.45) is 1.63. The van der Waals surface area contributed by atoms with E-state index in [1.165, 1.54) is 0 Å². The number of ether oxygens (including phenoxy) is 1. The Balaban J connectivity index is 2.27. The topological polar surface area (TPSA) is 26.3 Å². The van der Waals surface area contributed by atoms with Crippen LogP contribution in [0.3, 0.4) is 0 Å².